The Kier molecular flexibility index (Phi) is 9.09. The molecule has 0 spiro atoms. The van der Waals surface area contributed by atoms with Crippen molar-refractivity contribution in [3.8, 4) is 34.3 Å². The van der Waals surface area contributed by atoms with Crippen molar-refractivity contribution in [1.29, 1.82) is 0 Å². The Hall–Kier alpha value is -5.40. The Bertz CT molecular complexity index is 1910. The number of aliphatic hydroxyl groups is 3. The molecule has 6 rings (SSSR count). The van der Waals surface area contributed by atoms with Gasteiger partial charge in [0.25, 0.3) is 0 Å². The lowest BCUT2D eigenvalue weighted by atomic mass is 9.99. The van der Waals surface area contributed by atoms with Crippen LogP contribution in [0.1, 0.15) is 11.1 Å². The van der Waals surface area contributed by atoms with Gasteiger partial charge >= 0.3 is 5.97 Å². The third-order valence-electron chi connectivity index (χ3n) is 7.58. The second-order valence-corrected chi connectivity index (χ2v) is 10.8. The molecular formula is C35H30O12. The normalized spacial score (nSPS) is 20.9. The maximum absolute atomic E-state index is 13.4. The first-order valence-electron chi connectivity index (χ1n) is 14.6. The van der Waals surface area contributed by atoms with Crippen LogP contribution in [0.4, 0.5) is 0 Å². The Morgan fingerprint density at radius 3 is 2.00 bits per heavy atom. The van der Waals surface area contributed by atoms with E-state index in [1.165, 1.54) is 12.1 Å². The van der Waals surface area contributed by atoms with Gasteiger partial charge in [-0.25, -0.2) is 4.79 Å². The summed E-state index contributed by atoms with van der Waals surface area (Å²) in [6.45, 7) is 0.288. The van der Waals surface area contributed by atoms with Crippen molar-refractivity contribution in [2.75, 3.05) is 0 Å². The molecule has 2 heterocycles. The van der Waals surface area contributed by atoms with Crippen LogP contribution in [-0.4, -0.2) is 62.2 Å². The number of phenolic OH excluding ortho intramolecular Hbond substituents is 1. The number of carboxylic acids is 1. The third-order valence-corrected chi connectivity index (χ3v) is 7.58. The molecule has 5 atom stereocenters. The number of hydrogen-bond acceptors (Lipinski definition) is 11. The molecule has 0 saturated carbocycles. The van der Waals surface area contributed by atoms with Crippen molar-refractivity contribution in [1.82, 2.24) is 0 Å². The van der Waals surface area contributed by atoms with Gasteiger partial charge < -0.3 is 48.9 Å². The highest BCUT2D eigenvalue weighted by atomic mass is 16.7. The van der Waals surface area contributed by atoms with E-state index in [-0.39, 0.29) is 34.8 Å². The molecule has 242 valence electrons. The quantitative estimate of drug-likeness (QED) is 0.149. The first kappa shape index (κ1) is 31.6. The fraction of sp³-hybridized carbons (Fsp3) is 0.200. The lowest BCUT2D eigenvalue weighted by Crippen LogP contribution is -2.61. The number of aliphatic hydroxyl groups excluding tert-OH is 3. The summed E-state index contributed by atoms with van der Waals surface area (Å²) >= 11 is 0. The predicted octanol–water partition coefficient (Wildman–Crippen LogP) is 3.59. The Balaban J connectivity index is 1.35. The molecule has 1 fully saturated rings. The molecule has 1 aliphatic rings. The third kappa shape index (κ3) is 6.76. The van der Waals surface area contributed by atoms with Gasteiger partial charge in [-0.2, -0.15) is 0 Å². The molecule has 5 unspecified atom stereocenters. The van der Waals surface area contributed by atoms with E-state index in [4.69, 9.17) is 23.4 Å². The summed E-state index contributed by atoms with van der Waals surface area (Å²) in [6.07, 6.45) is -9.56. The van der Waals surface area contributed by atoms with Crippen LogP contribution in [0.25, 0.3) is 22.3 Å². The van der Waals surface area contributed by atoms with Crippen molar-refractivity contribution in [3.63, 3.8) is 0 Å². The fourth-order valence-electron chi connectivity index (χ4n) is 5.09. The lowest BCUT2D eigenvalue weighted by Gasteiger charge is -2.38. The molecule has 12 heteroatoms. The van der Waals surface area contributed by atoms with E-state index < -0.39 is 47.9 Å². The predicted molar refractivity (Wildman–Crippen MR) is 166 cm³/mol. The highest BCUT2D eigenvalue weighted by molar-refractivity contribution is 5.89. The molecule has 0 bridgehead atoms. The minimum Gasteiger partial charge on any atom is -0.504 e. The molecule has 0 aliphatic carbocycles. The number of hydrogen-bond donors (Lipinski definition) is 5. The molecular weight excluding hydrogens is 612 g/mol. The van der Waals surface area contributed by atoms with Gasteiger partial charge in [0, 0.05) is 17.7 Å². The fourth-order valence-corrected chi connectivity index (χ4v) is 5.09. The van der Waals surface area contributed by atoms with Crippen LogP contribution in [0, 0.1) is 0 Å². The molecule has 47 heavy (non-hydrogen) atoms. The number of fused-ring (bicyclic) bond motifs is 1. The van der Waals surface area contributed by atoms with Gasteiger partial charge in [0.2, 0.25) is 12.0 Å². The zero-order chi connectivity index (χ0) is 33.1. The largest absolute Gasteiger partial charge is 0.504 e. The summed E-state index contributed by atoms with van der Waals surface area (Å²) in [5.41, 5.74) is 1.50. The van der Waals surface area contributed by atoms with Crippen LogP contribution in [0.15, 0.2) is 106 Å². The second-order valence-electron chi connectivity index (χ2n) is 10.8. The van der Waals surface area contributed by atoms with E-state index in [0.29, 0.717) is 23.5 Å². The zero-order valence-electron chi connectivity index (χ0n) is 24.6. The zero-order valence-corrected chi connectivity index (χ0v) is 24.6. The average molecular weight is 643 g/mol. The van der Waals surface area contributed by atoms with Crippen LogP contribution in [0.2, 0.25) is 0 Å². The van der Waals surface area contributed by atoms with E-state index in [0.717, 1.165) is 5.56 Å². The van der Waals surface area contributed by atoms with Gasteiger partial charge in [-0.05, 0) is 35.4 Å². The number of phenols is 1. The Morgan fingerprint density at radius 1 is 0.766 bits per heavy atom. The number of carboxylic acid groups (broad SMARTS) is 1. The van der Waals surface area contributed by atoms with Crippen molar-refractivity contribution in [3.05, 3.63) is 118 Å². The number of carbonyl (C=O) groups is 1. The van der Waals surface area contributed by atoms with E-state index >= 15 is 0 Å². The molecule has 5 N–H and O–H groups in total. The summed E-state index contributed by atoms with van der Waals surface area (Å²) in [5.74, 6) is -2.13. The minimum absolute atomic E-state index is 0.0778. The highest BCUT2D eigenvalue weighted by Crippen LogP contribution is 2.44. The second kappa shape index (κ2) is 13.5. The highest BCUT2D eigenvalue weighted by Gasteiger charge is 2.48. The van der Waals surface area contributed by atoms with Gasteiger partial charge in [-0.3, -0.25) is 4.79 Å². The first-order chi connectivity index (χ1) is 22.7. The van der Waals surface area contributed by atoms with Gasteiger partial charge in [0.05, 0.1) is 0 Å². The number of aliphatic carboxylic acids is 1. The summed E-state index contributed by atoms with van der Waals surface area (Å²) in [4.78, 5) is 25.0. The topological polar surface area (TPSA) is 185 Å². The van der Waals surface area contributed by atoms with E-state index in [1.54, 1.807) is 54.6 Å². The van der Waals surface area contributed by atoms with Gasteiger partial charge in [-0.1, -0.05) is 60.7 Å². The lowest BCUT2D eigenvalue weighted by molar-refractivity contribution is -0.271. The van der Waals surface area contributed by atoms with Crippen LogP contribution in [0.3, 0.4) is 0 Å². The smallest absolute Gasteiger partial charge is 0.335 e. The SMILES string of the molecule is O=C(O)C1OC(Oc2cc3oc(-c4ccc(OCc5ccccc5)cc4)cc(=O)c3c(O)c2OCc2ccccc2)C(O)C(O)C1O. The summed E-state index contributed by atoms with van der Waals surface area (Å²) in [5, 5.41) is 51.5. The number of ether oxygens (including phenoxy) is 4. The van der Waals surface area contributed by atoms with Gasteiger partial charge in [0.1, 0.15) is 54.0 Å². The van der Waals surface area contributed by atoms with Crippen molar-refractivity contribution >= 4 is 16.9 Å². The summed E-state index contributed by atoms with van der Waals surface area (Å²) < 4.78 is 28.8. The van der Waals surface area contributed by atoms with E-state index in [9.17, 15) is 35.1 Å². The van der Waals surface area contributed by atoms with Gasteiger partial charge in [-0.15, -0.1) is 0 Å². The molecule has 0 radical (unpaired) electrons. The molecule has 12 nitrogen and oxygen atoms in total. The van der Waals surface area contributed by atoms with Crippen molar-refractivity contribution in [2.45, 2.75) is 43.9 Å². The molecule has 0 amide bonds. The standard InChI is InChI=1S/C35H30O12/c36-23-15-24(21-11-13-22(14-12-21)43-17-19-7-3-1-4-8-19)45-25-16-26(46-35-31(40)29(38)30(39)33(47-35)34(41)42)32(28(37)27(23)25)44-18-20-9-5-2-6-10-20/h1-16,29-31,33,35,37-40H,17-18H2,(H,41,42). The maximum Gasteiger partial charge on any atom is 0.335 e. The molecule has 1 saturated heterocycles. The van der Waals surface area contributed by atoms with Crippen LogP contribution in [-0.2, 0) is 22.7 Å². The number of aromatic hydroxyl groups is 1. The van der Waals surface area contributed by atoms with Crippen molar-refractivity contribution < 1.29 is 53.7 Å². The summed E-state index contributed by atoms with van der Waals surface area (Å²) in [7, 11) is 0. The molecule has 1 aromatic heterocycles. The number of benzene rings is 4. The Morgan fingerprint density at radius 2 is 1.38 bits per heavy atom. The first-order valence-corrected chi connectivity index (χ1v) is 14.6. The van der Waals surface area contributed by atoms with Crippen LogP contribution >= 0.6 is 0 Å². The molecule has 1 aliphatic heterocycles. The summed E-state index contributed by atoms with van der Waals surface area (Å²) in [6, 6.07) is 27.8. The maximum atomic E-state index is 13.4. The van der Waals surface area contributed by atoms with Gasteiger partial charge in [0.15, 0.2) is 23.0 Å². The van der Waals surface area contributed by atoms with Crippen molar-refractivity contribution in [2.24, 2.45) is 0 Å². The number of rotatable bonds is 10. The molecule has 4 aromatic carbocycles. The minimum atomic E-state index is -1.95. The van der Waals surface area contributed by atoms with Crippen LogP contribution in [0.5, 0.6) is 23.0 Å². The van der Waals surface area contributed by atoms with E-state index in [2.05, 4.69) is 0 Å². The molecule has 5 aromatic rings. The average Bonchev–Trinajstić information content (AvgIpc) is 3.08. The monoisotopic (exact) mass is 642 g/mol. The van der Waals surface area contributed by atoms with E-state index in [1.807, 2.05) is 30.3 Å². The Labute approximate surface area is 267 Å². The van der Waals surface area contributed by atoms with Crippen LogP contribution < -0.4 is 19.6 Å².